The molecule has 0 atom stereocenters. The fourth-order valence-electron chi connectivity index (χ4n) is 5.50. The third kappa shape index (κ3) is 4.31. The number of H-pyrrole nitrogens is 1. The highest BCUT2D eigenvalue weighted by molar-refractivity contribution is 5.95. The number of carbonyl (C=O) groups excluding carboxylic acids is 1. The zero-order valence-electron chi connectivity index (χ0n) is 20.9. The summed E-state index contributed by atoms with van der Waals surface area (Å²) in [6.45, 7) is 7.48. The zero-order valence-corrected chi connectivity index (χ0v) is 20.9. The van der Waals surface area contributed by atoms with Crippen LogP contribution in [0.1, 0.15) is 25.6 Å². The van der Waals surface area contributed by atoms with Gasteiger partial charge < -0.3 is 24.9 Å². The number of benzene rings is 1. The van der Waals surface area contributed by atoms with Gasteiger partial charge in [-0.1, -0.05) is 0 Å². The van der Waals surface area contributed by atoms with E-state index in [4.69, 9.17) is 25.4 Å². The number of nitrogens with one attached hydrogen (secondary N) is 1. The number of morpholine rings is 1. The van der Waals surface area contributed by atoms with Crippen molar-refractivity contribution in [3.63, 3.8) is 0 Å². The molecule has 0 aliphatic carbocycles. The number of carbonyl (C=O) groups is 1. The number of aryl methyl sites for hydroxylation is 1. The van der Waals surface area contributed by atoms with Gasteiger partial charge in [-0.15, -0.1) is 0 Å². The minimum Gasteiger partial charge on any atom is -0.378 e. The van der Waals surface area contributed by atoms with Crippen molar-refractivity contribution >= 4 is 33.8 Å². The Balaban J connectivity index is 1.46. The second-order valence-electron chi connectivity index (χ2n) is 9.73. The number of halogens is 1. The van der Waals surface area contributed by atoms with Gasteiger partial charge in [-0.3, -0.25) is 9.69 Å². The molecule has 1 aromatic carbocycles. The van der Waals surface area contributed by atoms with Crippen molar-refractivity contribution < 1.29 is 13.9 Å². The number of aromatic amines is 1. The maximum Gasteiger partial charge on any atom is 0.220 e. The molecule has 194 valence electrons. The van der Waals surface area contributed by atoms with Crippen molar-refractivity contribution in [3.8, 4) is 11.4 Å². The first-order valence-corrected chi connectivity index (χ1v) is 12.9. The lowest BCUT2D eigenvalue weighted by molar-refractivity contribution is -0.123. The highest BCUT2D eigenvalue weighted by Crippen LogP contribution is 2.34. The van der Waals surface area contributed by atoms with Crippen LogP contribution < -0.4 is 10.6 Å². The number of hydrogen-bond acceptors (Lipinski definition) is 7. The average Bonchev–Trinajstić information content (AvgIpc) is 3.53. The quantitative estimate of drug-likeness (QED) is 0.413. The molecule has 4 aromatic rings. The van der Waals surface area contributed by atoms with E-state index in [1.54, 1.807) is 12.3 Å². The van der Waals surface area contributed by atoms with Gasteiger partial charge in [0.05, 0.1) is 25.3 Å². The van der Waals surface area contributed by atoms with Crippen molar-refractivity contribution in [2.45, 2.75) is 32.9 Å². The molecule has 10 nitrogen and oxygen atoms in total. The number of primary amides is 1. The second kappa shape index (κ2) is 9.71. The number of fused-ring (bicyclic) bond motifs is 2. The molecule has 11 heteroatoms. The Labute approximate surface area is 213 Å². The smallest absolute Gasteiger partial charge is 0.220 e. The lowest BCUT2D eigenvalue weighted by Crippen LogP contribution is -2.38. The van der Waals surface area contributed by atoms with E-state index in [1.165, 1.54) is 6.07 Å². The molecule has 2 aliphatic heterocycles. The minimum absolute atomic E-state index is 0.0615. The predicted octanol–water partition coefficient (Wildman–Crippen LogP) is 2.67. The fourth-order valence-corrected chi connectivity index (χ4v) is 5.50. The van der Waals surface area contributed by atoms with Crippen molar-refractivity contribution in [1.82, 2.24) is 29.4 Å². The fraction of sp³-hybridized carbons (Fsp3) is 0.462. The number of hydrogen-bond donors (Lipinski definition) is 2. The Hall–Kier alpha value is -3.57. The number of anilines is 1. The molecule has 3 aromatic heterocycles. The molecule has 2 saturated heterocycles. The molecule has 0 spiro atoms. The summed E-state index contributed by atoms with van der Waals surface area (Å²) in [5.74, 6) is 1.30. The first kappa shape index (κ1) is 23.8. The van der Waals surface area contributed by atoms with Crippen LogP contribution in [-0.2, 0) is 22.6 Å². The summed E-state index contributed by atoms with van der Waals surface area (Å²) in [4.78, 5) is 34.1. The van der Waals surface area contributed by atoms with Gasteiger partial charge in [0.1, 0.15) is 11.6 Å². The zero-order chi connectivity index (χ0) is 25.5. The number of nitrogens with two attached hydrogens (primary N) is 1. The molecule has 0 radical (unpaired) electrons. The SMILES string of the molecule is CCn1c(CN2CCC(C(N)=O)CC2)nc2c(N3CCOCC3)nc(-c3c(F)ccc4[nH]ccc34)nc21. The van der Waals surface area contributed by atoms with Crippen LogP contribution in [-0.4, -0.2) is 74.7 Å². The molecule has 37 heavy (non-hydrogen) atoms. The van der Waals surface area contributed by atoms with Gasteiger partial charge in [-0.05, 0) is 51.1 Å². The summed E-state index contributed by atoms with van der Waals surface area (Å²) in [5.41, 5.74) is 8.15. The standard InChI is InChI=1S/C26H31FN8O2/c1-2-35-20(15-33-9-6-16(7-10-33)23(28)36)30-22-25(34-11-13-37-14-12-34)31-24(32-26(22)35)21-17-5-8-29-19(17)4-3-18(21)27/h3-5,8,16,29H,2,6-7,9-15H2,1H3,(H2,28,36). The minimum atomic E-state index is -0.362. The number of likely N-dealkylation sites (tertiary alicyclic amines) is 1. The van der Waals surface area contributed by atoms with Gasteiger partial charge >= 0.3 is 0 Å². The molecule has 6 rings (SSSR count). The molecule has 3 N–H and O–H groups in total. The van der Waals surface area contributed by atoms with Gasteiger partial charge in [-0.2, -0.15) is 0 Å². The molecule has 1 amide bonds. The van der Waals surface area contributed by atoms with Crippen LogP contribution in [0.25, 0.3) is 33.5 Å². The van der Waals surface area contributed by atoms with E-state index in [0.29, 0.717) is 62.2 Å². The summed E-state index contributed by atoms with van der Waals surface area (Å²) < 4.78 is 22.9. The van der Waals surface area contributed by atoms with E-state index < -0.39 is 0 Å². The van der Waals surface area contributed by atoms with Crippen LogP contribution >= 0.6 is 0 Å². The van der Waals surface area contributed by atoms with Gasteiger partial charge in [-0.25, -0.2) is 19.3 Å². The Bertz CT molecular complexity index is 1450. The molecule has 2 fully saturated rings. The third-order valence-electron chi connectivity index (χ3n) is 7.54. The van der Waals surface area contributed by atoms with Crippen molar-refractivity contribution in [2.24, 2.45) is 11.7 Å². The van der Waals surface area contributed by atoms with E-state index >= 15 is 4.39 Å². The van der Waals surface area contributed by atoms with E-state index in [2.05, 4.69) is 26.3 Å². The molecular weight excluding hydrogens is 475 g/mol. The number of ether oxygens (including phenoxy) is 1. The summed E-state index contributed by atoms with van der Waals surface area (Å²) >= 11 is 0. The maximum absolute atomic E-state index is 15.3. The van der Waals surface area contributed by atoms with Gasteiger partial charge in [0.25, 0.3) is 0 Å². The summed E-state index contributed by atoms with van der Waals surface area (Å²) in [6, 6.07) is 5.04. The van der Waals surface area contributed by atoms with E-state index in [9.17, 15) is 4.79 Å². The number of imidazole rings is 1. The van der Waals surface area contributed by atoms with E-state index in [0.717, 1.165) is 48.2 Å². The monoisotopic (exact) mass is 506 g/mol. The number of nitrogens with zero attached hydrogens (tertiary/aromatic N) is 6. The number of rotatable bonds is 6. The first-order valence-electron chi connectivity index (χ1n) is 12.9. The molecule has 0 bridgehead atoms. The van der Waals surface area contributed by atoms with Gasteiger partial charge in [0, 0.05) is 42.7 Å². The first-order chi connectivity index (χ1) is 18.0. The van der Waals surface area contributed by atoms with Crippen LogP contribution in [0.2, 0.25) is 0 Å². The molecular formula is C26H31FN8O2. The highest BCUT2D eigenvalue weighted by Gasteiger charge is 2.27. The number of amides is 1. The Morgan fingerprint density at radius 1 is 1.14 bits per heavy atom. The van der Waals surface area contributed by atoms with Crippen molar-refractivity contribution in [3.05, 3.63) is 36.0 Å². The summed E-state index contributed by atoms with van der Waals surface area (Å²) in [5, 5.41) is 0.743. The van der Waals surface area contributed by atoms with Crippen LogP contribution in [0.4, 0.5) is 10.2 Å². The summed E-state index contributed by atoms with van der Waals surface area (Å²) in [6.07, 6.45) is 3.31. The van der Waals surface area contributed by atoms with Gasteiger partial charge in [0.15, 0.2) is 22.8 Å². The largest absolute Gasteiger partial charge is 0.378 e. The van der Waals surface area contributed by atoms with Crippen LogP contribution in [0.3, 0.4) is 0 Å². The van der Waals surface area contributed by atoms with Crippen molar-refractivity contribution in [1.29, 1.82) is 0 Å². The Morgan fingerprint density at radius 3 is 2.65 bits per heavy atom. The van der Waals surface area contributed by atoms with Crippen LogP contribution in [0.5, 0.6) is 0 Å². The summed E-state index contributed by atoms with van der Waals surface area (Å²) in [7, 11) is 0. The topological polar surface area (TPSA) is 118 Å². The molecule has 2 aliphatic rings. The normalized spacial score (nSPS) is 17.7. The van der Waals surface area contributed by atoms with Crippen LogP contribution in [0, 0.1) is 11.7 Å². The molecule has 0 unspecified atom stereocenters. The van der Waals surface area contributed by atoms with E-state index in [-0.39, 0.29) is 17.6 Å². The van der Waals surface area contributed by atoms with Gasteiger partial charge in [0.2, 0.25) is 5.91 Å². The number of piperidine rings is 1. The lowest BCUT2D eigenvalue weighted by atomic mass is 9.96. The molecule has 5 heterocycles. The Morgan fingerprint density at radius 2 is 1.92 bits per heavy atom. The van der Waals surface area contributed by atoms with E-state index in [1.807, 2.05) is 6.07 Å². The van der Waals surface area contributed by atoms with Crippen molar-refractivity contribution in [2.75, 3.05) is 44.3 Å². The maximum atomic E-state index is 15.3. The average molecular weight is 507 g/mol. The Kier molecular flexibility index (Phi) is 6.25. The second-order valence-corrected chi connectivity index (χ2v) is 9.73. The molecule has 0 saturated carbocycles. The predicted molar refractivity (Wildman–Crippen MR) is 138 cm³/mol. The third-order valence-corrected chi connectivity index (χ3v) is 7.54. The highest BCUT2D eigenvalue weighted by atomic mass is 19.1. The lowest BCUT2D eigenvalue weighted by Gasteiger charge is -2.30. The van der Waals surface area contributed by atoms with Crippen LogP contribution in [0.15, 0.2) is 24.4 Å². The number of aromatic nitrogens is 5.